The largest absolute Gasteiger partial charge is 0.352 e. The van der Waals surface area contributed by atoms with Gasteiger partial charge in [-0.3, -0.25) is 14.5 Å². The third-order valence-electron chi connectivity index (χ3n) is 4.95. The number of anilines is 1. The molecule has 0 saturated heterocycles. The third-order valence-corrected chi connectivity index (χ3v) is 4.95. The minimum atomic E-state index is -0.102. The summed E-state index contributed by atoms with van der Waals surface area (Å²) in [6, 6.07) is 6.25. The van der Waals surface area contributed by atoms with E-state index in [9.17, 15) is 9.59 Å². The van der Waals surface area contributed by atoms with Crippen molar-refractivity contribution in [2.45, 2.75) is 52.5 Å². The van der Waals surface area contributed by atoms with Crippen LogP contribution in [0.2, 0.25) is 0 Å². The fourth-order valence-corrected chi connectivity index (χ4v) is 3.39. The van der Waals surface area contributed by atoms with Crippen molar-refractivity contribution in [2.24, 2.45) is 5.92 Å². The van der Waals surface area contributed by atoms with E-state index in [0.29, 0.717) is 5.92 Å². The van der Waals surface area contributed by atoms with Gasteiger partial charge in [0.2, 0.25) is 11.8 Å². The Hall–Kier alpha value is -1.88. The number of likely N-dealkylation sites (N-methyl/N-ethyl adjacent to an activating group) is 1. The minimum absolute atomic E-state index is 0.000728. The highest BCUT2D eigenvalue weighted by Gasteiger charge is 2.23. The maximum atomic E-state index is 12.2. The fourth-order valence-electron chi connectivity index (χ4n) is 3.39. The molecule has 1 aromatic carbocycles. The quantitative estimate of drug-likeness (QED) is 0.833. The smallest absolute Gasteiger partial charge is 0.238 e. The van der Waals surface area contributed by atoms with Crippen LogP contribution in [0.15, 0.2) is 18.2 Å². The van der Waals surface area contributed by atoms with Crippen LogP contribution < -0.4 is 10.6 Å². The van der Waals surface area contributed by atoms with Gasteiger partial charge in [-0.15, -0.1) is 0 Å². The Kier molecular flexibility index (Phi) is 7.00. The normalized spacial score (nSPS) is 20.4. The summed E-state index contributed by atoms with van der Waals surface area (Å²) in [6.45, 7) is 6.60. The molecule has 1 aliphatic carbocycles. The van der Waals surface area contributed by atoms with E-state index in [0.717, 1.165) is 23.2 Å². The van der Waals surface area contributed by atoms with Gasteiger partial charge in [-0.25, -0.2) is 0 Å². The van der Waals surface area contributed by atoms with Crippen molar-refractivity contribution < 1.29 is 9.59 Å². The number of nitrogens with zero attached hydrogens (tertiary/aromatic N) is 1. The second-order valence-electron chi connectivity index (χ2n) is 7.47. The van der Waals surface area contributed by atoms with Crippen molar-refractivity contribution in [1.82, 2.24) is 10.2 Å². The lowest BCUT2D eigenvalue weighted by Crippen LogP contribution is -2.46. The maximum Gasteiger partial charge on any atom is 0.238 e. The Morgan fingerprint density at radius 3 is 2.52 bits per heavy atom. The number of carbonyl (C=O) groups excluding carboxylic acids is 2. The molecule has 138 valence electrons. The van der Waals surface area contributed by atoms with Crippen molar-refractivity contribution >= 4 is 17.5 Å². The van der Waals surface area contributed by atoms with Crippen LogP contribution in [0.3, 0.4) is 0 Å². The average molecular weight is 345 g/mol. The molecule has 0 aromatic heterocycles. The van der Waals surface area contributed by atoms with Crippen LogP contribution >= 0.6 is 0 Å². The van der Waals surface area contributed by atoms with E-state index in [-0.39, 0.29) is 30.9 Å². The summed E-state index contributed by atoms with van der Waals surface area (Å²) >= 11 is 0. The molecule has 25 heavy (non-hydrogen) atoms. The second kappa shape index (κ2) is 8.99. The van der Waals surface area contributed by atoms with E-state index in [1.165, 1.54) is 19.3 Å². The monoisotopic (exact) mass is 345 g/mol. The molecular formula is C20H31N3O2. The highest BCUT2D eigenvalue weighted by molar-refractivity contribution is 5.93. The number of carbonyl (C=O) groups is 2. The van der Waals surface area contributed by atoms with Crippen molar-refractivity contribution in [3.8, 4) is 0 Å². The van der Waals surface area contributed by atoms with Crippen LogP contribution in [0, 0.1) is 19.8 Å². The first kappa shape index (κ1) is 19.4. The summed E-state index contributed by atoms with van der Waals surface area (Å²) in [7, 11) is 1.80. The zero-order valence-corrected chi connectivity index (χ0v) is 15.9. The molecule has 0 bridgehead atoms. The van der Waals surface area contributed by atoms with E-state index in [4.69, 9.17) is 0 Å². The molecule has 2 rings (SSSR count). The molecule has 1 aromatic rings. The third kappa shape index (κ3) is 6.16. The van der Waals surface area contributed by atoms with E-state index >= 15 is 0 Å². The van der Waals surface area contributed by atoms with Gasteiger partial charge in [0, 0.05) is 11.7 Å². The molecule has 2 N–H and O–H groups in total. The zero-order chi connectivity index (χ0) is 18.4. The Bertz CT molecular complexity index is 615. The molecular weight excluding hydrogens is 314 g/mol. The van der Waals surface area contributed by atoms with Crippen molar-refractivity contribution in [3.63, 3.8) is 0 Å². The zero-order valence-electron chi connectivity index (χ0n) is 15.9. The van der Waals surface area contributed by atoms with Crippen molar-refractivity contribution in [2.75, 3.05) is 25.5 Å². The van der Waals surface area contributed by atoms with Crippen molar-refractivity contribution in [3.05, 3.63) is 29.3 Å². The average Bonchev–Trinajstić information content (AvgIpc) is 2.52. The van der Waals surface area contributed by atoms with Gasteiger partial charge in [0.05, 0.1) is 13.1 Å². The first-order valence-electron chi connectivity index (χ1n) is 9.20. The van der Waals surface area contributed by atoms with Crippen molar-refractivity contribution in [1.29, 1.82) is 0 Å². The Labute approximate surface area is 151 Å². The van der Waals surface area contributed by atoms with Gasteiger partial charge in [0.1, 0.15) is 0 Å². The lowest BCUT2D eigenvalue weighted by Gasteiger charge is -2.30. The van der Waals surface area contributed by atoms with Gasteiger partial charge in [-0.2, -0.15) is 0 Å². The summed E-state index contributed by atoms with van der Waals surface area (Å²) in [5, 5.41) is 6.06. The highest BCUT2D eigenvalue weighted by Crippen LogP contribution is 2.23. The number of amides is 2. The Balaban J connectivity index is 1.78. The van der Waals surface area contributed by atoms with E-state index in [1.807, 2.05) is 32.0 Å². The van der Waals surface area contributed by atoms with Gasteiger partial charge >= 0.3 is 0 Å². The Morgan fingerprint density at radius 1 is 1.12 bits per heavy atom. The highest BCUT2D eigenvalue weighted by atomic mass is 16.2. The molecule has 0 aliphatic heterocycles. The molecule has 1 fully saturated rings. The maximum absolute atomic E-state index is 12.2. The summed E-state index contributed by atoms with van der Waals surface area (Å²) in [6.07, 6.45) is 4.68. The van der Waals surface area contributed by atoms with Crippen LogP contribution in [0.4, 0.5) is 5.69 Å². The number of nitrogens with one attached hydrogen (secondary N) is 2. The fraction of sp³-hybridized carbons (Fsp3) is 0.600. The molecule has 0 unspecified atom stereocenters. The molecule has 1 aliphatic rings. The minimum Gasteiger partial charge on any atom is -0.352 e. The van der Waals surface area contributed by atoms with E-state index in [2.05, 4.69) is 17.6 Å². The topological polar surface area (TPSA) is 61.4 Å². The van der Waals surface area contributed by atoms with E-state index < -0.39 is 0 Å². The SMILES string of the molecule is Cc1ccc(C)c(NC(=O)CN(C)CC(=O)N[C@@H]2CCCC[C@@H]2C)c1. The second-order valence-corrected chi connectivity index (χ2v) is 7.47. The van der Waals surface area contributed by atoms with Gasteiger partial charge in [-0.05, 0) is 56.8 Å². The lowest BCUT2D eigenvalue weighted by molar-refractivity contribution is -0.124. The number of benzene rings is 1. The summed E-state index contributed by atoms with van der Waals surface area (Å²) in [4.78, 5) is 26.2. The predicted molar refractivity (Wildman–Crippen MR) is 102 cm³/mol. The molecule has 0 radical (unpaired) electrons. The lowest BCUT2D eigenvalue weighted by atomic mass is 9.86. The molecule has 0 spiro atoms. The molecule has 1 saturated carbocycles. The summed E-state index contributed by atoms with van der Waals surface area (Å²) in [5.74, 6) is 0.437. The van der Waals surface area contributed by atoms with Crippen LogP contribution in [0.1, 0.15) is 43.7 Å². The standard InChI is InChI=1S/C20H31N3O2/c1-14-9-10-16(3)18(11-14)22-20(25)13-23(4)12-19(24)21-17-8-6-5-7-15(17)2/h9-11,15,17H,5-8,12-13H2,1-4H3,(H,21,24)(H,22,25)/t15-,17+/m0/s1. The molecule has 0 heterocycles. The number of hydrogen-bond acceptors (Lipinski definition) is 3. The molecule has 5 heteroatoms. The molecule has 2 atom stereocenters. The predicted octanol–water partition coefficient (Wildman–Crippen LogP) is 2.87. The van der Waals surface area contributed by atoms with Crippen LogP contribution in [0.25, 0.3) is 0 Å². The van der Waals surface area contributed by atoms with Crippen LogP contribution in [0.5, 0.6) is 0 Å². The number of hydrogen-bond donors (Lipinski definition) is 2. The van der Waals surface area contributed by atoms with Crippen LogP contribution in [-0.4, -0.2) is 42.9 Å². The van der Waals surface area contributed by atoms with E-state index in [1.54, 1.807) is 11.9 Å². The van der Waals surface area contributed by atoms with Gasteiger partial charge in [-0.1, -0.05) is 31.9 Å². The summed E-state index contributed by atoms with van der Waals surface area (Å²) in [5.41, 5.74) is 2.97. The van der Waals surface area contributed by atoms with Crippen LogP contribution in [-0.2, 0) is 9.59 Å². The van der Waals surface area contributed by atoms with Gasteiger partial charge in [0.15, 0.2) is 0 Å². The molecule has 5 nitrogen and oxygen atoms in total. The van der Waals surface area contributed by atoms with Gasteiger partial charge < -0.3 is 10.6 Å². The molecule has 2 amide bonds. The number of aryl methyl sites for hydroxylation is 2. The summed E-state index contributed by atoms with van der Waals surface area (Å²) < 4.78 is 0. The first-order chi connectivity index (χ1) is 11.8. The first-order valence-corrected chi connectivity index (χ1v) is 9.20. The number of rotatable bonds is 6. The van der Waals surface area contributed by atoms with Gasteiger partial charge in [0.25, 0.3) is 0 Å². The Morgan fingerprint density at radius 2 is 1.80 bits per heavy atom.